The number of amides is 2. The van der Waals surface area contributed by atoms with Gasteiger partial charge in [0.2, 0.25) is 11.8 Å². The number of nitrogens with two attached hydrogens (primary N) is 1. The van der Waals surface area contributed by atoms with Crippen molar-refractivity contribution in [2.24, 2.45) is 5.73 Å². The molecule has 0 aliphatic carbocycles. The molecule has 33 heavy (non-hydrogen) atoms. The maximum absolute atomic E-state index is 14.3. The zero-order chi connectivity index (χ0) is 24.0. The average molecular weight is 517 g/mol. The van der Waals surface area contributed by atoms with E-state index in [0.29, 0.717) is 32.6 Å². The molecular formula is C22H22BrFN6O3. The van der Waals surface area contributed by atoms with Gasteiger partial charge in [-0.25, -0.2) is 14.4 Å². The summed E-state index contributed by atoms with van der Waals surface area (Å²) in [6.07, 6.45) is 2.45. The Hall–Kier alpha value is -3.57. The number of carbonyl (C=O) groups excluding carboxylic acids is 2. The van der Waals surface area contributed by atoms with Crippen LogP contribution in [0.1, 0.15) is 6.92 Å². The number of carbonyl (C=O) groups is 2. The molecule has 1 heterocycles. The summed E-state index contributed by atoms with van der Waals surface area (Å²) >= 11 is 3.22. The van der Waals surface area contributed by atoms with Crippen molar-refractivity contribution in [3.63, 3.8) is 0 Å². The lowest BCUT2D eigenvalue weighted by molar-refractivity contribution is -0.122. The number of fused-ring (bicyclic) bond motifs is 1. The Labute approximate surface area is 197 Å². The molecule has 172 valence electrons. The fraction of sp³-hybridized carbons (Fsp3) is 0.182. The fourth-order valence-electron chi connectivity index (χ4n) is 2.80. The minimum Gasteiger partial charge on any atom is -0.489 e. The molecule has 1 atom stereocenters. The Morgan fingerprint density at radius 2 is 2.06 bits per heavy atom. The molecule has 0 fully saturated rings. The van der Waals surface area contributed by atoms with Crippen molar-refractivity contribution in [2.75, 3.05) is 23.8 Å². The molecule has 11 heteroatoms. The van der Waals surface area contributed by atoms with Crippen molar-refractivity contribution in [3.8, 4) is 5.75 Å². The Morgan fingerprint density at radius 3 is 2.76 bits per heavy atom. The van der Waals surface area contributed by atoms with Gasteiger partial charge in [-0.2, -0.15) is 0 Å². The van der Waals surface area contributed by atoms with Crippen molar-refractivity contribution < 1.29 is 18.7 Å². The van der Waals surface area contributed by atoms with Crippen molar-refractivity contribution in [3.05, 3.63) is 59.6 Å². The standard InChI is InChI=1S/C22H22BrFN6O3/c1-3-20(31)29-18-9-14-17(10-19(18)33-7-6-26-22(32)12(2)25)27-11-28-21(14)30-16-5-4-13(23)8-15(16)24/h3-5,8-12H,1,6-7,25H2,2H3,(H,26,32)(H,29,31)(H,27,28,30). The van der Waals surface area contributed by atoms with Crippen LogP contribution in [-0.4, -0.2) is 41.0 Å². The number of aromatic nitrogens is 2. The van der Waals surface area contributed by atoms with Gasteiger partial charge >= 0.3 is 0 Å². The van der Waals surface area contributed by atoms with E-state index in [4.69, 9.17) is 10.5 Å². The lowest BCUT2D eigenvalue weighted by Gasteiger charge is -2.15. The third kappa shape index (κ3) is 6.24. The third-order valence-corrected chi connectivity index (χ3v) is 4.93. The molecule has 1 aromatic heterocycles. The Kier molecular flexibility index (Phi) is 7.91. The first-order chi connectivity index (χ1) is 15.8. The van der Waals surface area contributed by atoms with Gasteiger partial charge < -0.3 is 26.4 Å². The summed E-state index contributed by atoms with van der Waals surface area (Å²) in [6.45, 7) is 5.37. The molecule has 0 bridgehead atoms. The van der Waals surface area contributed by atoms with Crippen LogP contribution in [0.2, 0.25) is 0 Å². The number of nitrogens with zero attached hydrogens (tertiary/aromatic N) is 2. The first-order valence-corrected chi connectivity index (χ1v) is 10.7. The summed E-state index contributed by atoms with van der Waals surface area (Å²) in [6, 6.07) is 7.20. The van der Waals surface area contributed by atoms with Gasteiger partial charge in [0.1, 0.15) is 30.3 Å². The number of benzene rings is 2. The fourth-order valence-corrected chi connectivity index (χ4v) is 3.13. The quantitative estimate of drug-likeness (QED) is 0.253. The first-order valence-electron chi connectivity index (χ1n) is 9.89. The second-order valence-electron chi connectivity index (χ2n) is 6.96. The molecule has 5 N–H and O–H groups in total. The van der Waals surface area contributed by atoms with Crippen molar-refractivity contribution in [1.82, 2.24) is 15.3 Å². The van der Waals surface area contributed by atoms with Crippen LogP contribution in [0.15, 0.2) is 53.8 Å². The normalized spacial score (nSPS) is 11.5. The Morgan fingerprint density at radius 1 is 1.27 bits per heavy atom. The predicted octanol–water partition coefficient (Wildman–Crippen LogP) is 3.24. The number of ether oxygens (including phenoxy) is 1. The van der Waals surface area contributed by atoms with Gasteiger partial charge in [0.15, 0.2) is 0 Å². The van der Waals surface area contributed by atoms with E-state index in [2.05, 4.69) is 48.4 Å². The summed E-state index contributed by atoms with van der Waals surface area (Å²) in [5.74, 6) is -0.556. The van der Waals surface area contributed by atoms with Crippen LogP contribution < -0.4 is 26.4 Å². The number of nitrogens with one attached hydrogen (secondary N) is 3. The number of halogens is 2. The van der Waals surface area contributed by atoms with Gasteiger partial charge in [-0.1, -0.05) is 22.5 Å². The maximum atomic E-state index is 14.3. The zero-order valence-corrected chi connectivity index (χ0v) is 19.3. The first kappa shape index (κ1) is 24.1. The lowest BCUT2D eigenvalue weighted by Crippen LogP contribution is -2.40. The molecule has 0 aliphatic rings. The highest BCUT2D eigenvalue weighted by Gasteiger charge is 2.14. The van der Waals surface area contributed by atoms with Crippen LogP contribution in [0, 0.1) is 5.82 Å². The van der Waals surface area contributed by atoms with Crippen LogP contribution in [0.5, 0.6) is 5.75 Å². The van der Waals surface area contributed by atoms with E-state index in [0.717, 1.165) is 6.08 Å². The molecule has 3 rings (SSSR count). The highest BCUT2D eigenvalue weighted by Crippen LogP contribution is 2.34. The molecule has 0 spiro atoms. The van der Waals surface area contributed by atoms with Gasteiger partial charge in [0, 0.05) is 15.9 Å². The summed E-state index contributed by atoms with van der Waals surface area (Å²) in [7, 11) is 0. The van der Waals surface area contributed by atoms with E-state index in [1.165, 1.54) is 12.4 Å². The van der Waals surface area contributed by atoms with Gasteiger partial charge in [0.25, 0.3) is 0 Å². The van der Waals surface area contributed by atoms with Gasteiger partial charge in [-0.05, 0) is 37.3 Å². The maximum Gasteiger partial charge on any atom is 0.247 e. The molecule has 3 aromatic rings. The van der Waals surface area contributed by atoms with E-state index in [9.17, 15) is 14.0 Å². The lowest BCUT2D eigenvalue weighted by atomic mass is 10.1. The van der Waals surface area contributed by atoms with Crippen LogP contribution in [0.3, 0.4) is 0 Å². The van der Waals surface area contributed by atoms with E-state index >= 15 is 0 Å². The minimum absolute atomic E-state index is 0.126. The molecule has 9 nitrogen and oxygen atoms in total. The highest BCUT2D eigenvalue weighted by molar-refractivity contribution is 9.10. The van der Waals surface area contributed by atoms with E-state index in [-0.39, 0.29) is 24.7 Å². The van der Waals surface area contributed by atoms with Gasteiger partial charge in [-0.3, -0.25) is 9.59 Å². The van der Waals surface area contributed by atoms with Crippen LogP contribution >= 0.6 is 15.9 Å². The van der Waals surface area contributed by atoms with Crippen molar-refractivity contribution in [2.45, 2.75) is 13.0 Å². The average Bonchev–Trinajstić information content (AvgIpc) is 2.78. The number of rotatable bonds is 9. The monoisotopic (exact) mass is 516 g/mol. The number of hydrogen-bond donors (Lipinski definition) is 4. The summed E-state index contributed by atoms with van der Waals surface area (Å²) in [5.41, 5.74) is 6.57. The van der Waals surface area contributed by atoms with Gasteiger partial charge in [-0.15, -0.1) is 0 Å². The number of anilines is 3. The SMILES string of the molecule is C=CC(=O)Nc1cc2c(Nc3ccc(Br)cc3F)ncnc2cc1OCCNC(=O)C(C)N. The second kappa shape index (κ2) is 10.8. The second-order valence-corrected chi connectivity index (χ2v) is 7.87. The Bertz CT molecular complexity index is 1200. The minimum atomic E-state index is -0.633. The summed E-state index contributed by atoms with van der Waals surface area (Å²) in [4.78, 5) is 32.0. The van der Waals surface area contributed by atoms with Crippen LogP contribution in [-0.2, 0) is 9.59 Å². The molecular weight excluding hydrogens is 495 g/mol. The highest BCUT2D eigenvalue weighted by atomic mass is 79.9. The molecule has 0 radical (unpaired) electrons. The predicted molar refractivity (Wildman–Crippen MR) is 128 cm³/mol. The van der Waals surface area contributed by atoms with Crippen molar-refractivity contribution in [1.29, 1.82) is 0 Å². The van der Waals surface area contributed by atoms with E-state index < -0.39 is 17.8 Å². The van der Waals surface area contributed by atoms with Crippen molar-refractivity contribution >= 4 is 55.8 Å². The molecule has 0 aliphatic heterocycles. The van der Waals surface area contributed by atoms with Gasteiger partial charge in [0.05, 0.1) is 29.5 Å². The topological polar surface area (TPSA) is 131 Å². The zero-order valence-electron chi connectivity index (χ0n) is 17.7. The van der Waals surface area contributed by atoms with E-state index in [1.54, 1.807) is 31.2 Å². The third-order valence-electron chi connectivity index (χ3n) is 4.44. The largest absolute Gasteiger partial charge is 0.489 e. The smallest absolute Gasteiger partial charge is 0.247 e. The summed E-state index contributed by atoms with van der Waals surface area (Å²) in [5, 5.41) is 8.79. The molecule has 2 aromatic carbocycles. The molecule has 0 saturated carbocycles. The molecule has 1 unspecified atom stereocenters. The van der Waals surface area contributed by atoms with E-state index in [1.807, 2.05) is 0 Å². The summed E-state index contributed by atoms with van der Waals surface area (Å²) < 4.78 is 20.7. The van der Waals surface area contributed by atoms with Crippen LogP contribution in [0.25, 0.3) is 10.9 Å². The molecule has 2 amide bonds. The number of hydrogen-bond acceptors (Lipinski definition) is 7. The Balaban J connectivity index is 1.91. The molecule has 0 saturated heterocycles. The van der Waals surface area contributed by atoms with Crippen LogP contribution in [0.4, 0.5) is 21.6 Å².